The summed E-state index contributed by atoms with van der Waals surface area (Å²) in [5, 5.41) is 6.09. The van der Waals surface area contributed by atoms with Gasteiger partial charge in [0, 0.05) is 28.8 Å². The molecule has 3 aromatic rings. The second-order valence-corrected chi connectivity index (χ2v) is 6.49. The Morgan fingerprint density at radius 1 is 0.885 bits per heavy atom. The number of carbonyl (C=O) groups is 1. The van der Waals surface area contributed by atoms with Crippen LogP contribution in [0.25, 0.3) is 0 Å². The zero-order chi connectivity index (χ0) is 18.7. The van der Waals surface area contributed by atoms with Crippen LogP contribution in [0.15, 0.2) is 48.7 Å². The number of nitrogens with zero attached hydrogens (tertiary/aromatic N) is 2. The molecule has 1 aromatic heterocycles. The van der Waals surface area contributed by atoms with Crippen LogP contribution in [-0.2, 0) is 0 Å². The minimum Gasteiger partial charge on any atom is -0.324 e. The molecule has 0 fully saturated rings. The van der Waals surface area contributed by atoms with Crippen molar-refractivity contribution in [3.63, 3.8) is 0 Å². The Morgan fingerprint density at radius 2 is 1.54 bits per heavy atom. The summed E-state index contributed by atoms with van der Waals surface area (Å²) in [6, 6.07) is 13.2. The third-order valence-corrected chi connectivity index (χ3v) is 4.11. The van der Waals surface area contributed by atoms with Gasteiger partial charge in [-0.15, -0.1) is 0 Å². The van der Waals surface area contributed by atoms with E-state index in [0.717, 1.165) is 33.8 Å². The average molecular weight is 346 g/mol. The average Bonchev–Trinajstić information content (AvgIpc) is 2.58. The van der Waals surface area contributed by atoms with E-state index in [0.29, 0.717) is 11.5 Å². The van der Waals surface area contributed by atoms with Crippen LogP contribution in [0.4, 0.5) is 17.3 Å². The van der Waals surface area contributed by atoms with Crippen molar-refractivity contribution in [2.45, 2.75) is 27.7 Å². The van der Waals surface area contributed by atoms with Crippen LogP contribution in [0.3, 0.4) is 0 Å². The van der Waals surface area contributed by atoms with Gasteiger partial charge in [-0.05, 0) is 80.8 Å². The van der Waals surface area contributed by atoms with Crippen molar-refractivity contribution in [2.75, 3.05) is 10.6 Å². The monoisotopic (exact) mass is 346 g/mol. The van der Waals surface area contributed by atoms with E-state index >= 15 is 0 Å². The Bertz CT molecular complexity index is 928. The molecule has 3 rings (SSSR count). The van der Waals surface area contributed by atoms with Crippen molar-refractivity contribution in [3.8, 4) is 0 Å². The van der Waals surface area contributed by atoms with Crippen LogP contribution in [0, 0.1) is 27.7 Å². The topological polar surface area (TPSA) is 66.9 Å². The number of carbonyl (C=O) groups excluding carboxylic acids is 1. The largest absolute Gasteiger partial charge is 0.324 e. The Hall–Kier alpha value is -3.21. The molecule has 0 aliphatic carbocycles. The van der Waals surface area contributed by atoms with E-state index in [1.165, 1.54) is 0 Å². The fraction of sp³-hybridized carbons (Fsp3) is 0.190. The molecule has 0 radical (unpaired) electrons. The minimum absolute atomic E-state index is 0.135. The predicted octanol–water partition coefficient (Wildman–Crippen LogP) is 4.71. The summed E-state index contributed by atoms with van der Waals surface area (Å²) in [5.41, 5.74) is 6.45. The molecule has 0 saturated heterocycles. The van der Waals surface area contributed by atoms with Crippen LogP contribution in [-0.4, -0.2) is 15.9 Å². The number of anilines is 3. The highest BCUT2D eigenvalue weighted by atomic mass is 16.1. The van der Waals surface area contributed by atoms with Crippen LogP contribution in [0.1, 0.15) is 32.7 Å². The van der Waals surface area contributed by atoms with Gasteiger partial charge < -0.3 is 10.6 Å². The van der Waals surface area contributed by atoms with Gasteiger partial charge in [0.15, 0.2) is 0 Å². The smallest absolute Gasteiger partial charge is 0.255 e. The molecule has 5 nitrogen and oxygen atoms in total. The molecule has 0 bridgehead atoms. The van der Waals surface area contributed by atoms with Crippen molar-refractivity contribution in [1.29, 1.82) is 0 Å². The quantitative estimate of drug-likeness (QED) is 0.718. The highest BCUT2D eigenvalue weighted by Gasteiger charge is 2.07. The second kappa shape index (κ2) is 7.35. The third kappa shape index (κ3) is 4.25. The van der Waals surface area contributed by atoms with E-state index in [1.807, 2.05) is 52.0 Å². The molecule has 0 unspecified atom stereocenters. The maximum Gasteiger partial charge on any atom is 0.255 e. The molecule has 0 atom stereocenters. The van der Waals surface area contributed by atoms with Crippen molar-refractivity contribution in [3.05, 3.63) is 76.6 Å². The van der Waals surface area contributed by atoms with Gasteiger partial charge in [-0.1, -0.05) is 6.07 Å². The maximum atomic E-state index is 12.4. The number of amides is 1. The molecule has 1 amide bonds. The van der Waals surface area contributed by atoms with Crippen molar-refractivity contribution in [2.24, 2.45) is 0 Å². The fourth-order valence-electron chi connectivity index (χ4n) is 2.67. The lowest BCUT2D eigenvalue weighted by molar-refractivity contribution is 0.102. The van der Waals surface area contributed by atoms with Crippen LogP contribution in [0.5, 0.6) is 0 Å². The molecule has 1 heterocycles. The van der Waals surface area contributed by atoms with Crippen molar-refractivity contribution in [1.82, 2.24) is 9.97 Å². The van der Waals surface area contributed by atoms with Crippen LogP contribution in [0.2, 0.25) is 0 Å². The lowest BCUT2D eigenvalue weighted by atomic mass is 10.1. The Kier molecular flexibility index (Phi) is 4.98. The Labute approximate surface area is 153 Å². The number of rotatable bonds is 4. The van der Waals surface area contributed by atoms with Gasteiger partial charge in [0.05, 0.1) is 0 Å². The molecule has 2 N–H and O–H groups in total. The molecular weight excluding hydrogens is 324 g/mol. The van der Waals surface area contributed by atoms with E-state index in [1.54, 1.807) is 18.3 Å². The van der Waals surface area contributed by atoms with Gasteiger partial charge in [-0.25, -0.2) is 9.97 Å². The van der Waals surface area contributed by atoms with Gasteiger partial charge in [0.25, 0.3) is 5.91 Å². The van der Waals surface area contributed by atoms with Crippen molar-refractivity contribution >= 4 is 23.2 Å². The van der Waals surface area contributed by atoms with Gasteiger partial charge in [-0.3, -0.25) is 4.79 Å². The van der Waals surface area contributed by atoms with Crippen LogP contribution >= 0.6 is 0 Å². The number of hydrogen-bond donors (Lipinski definition) is 2. The summed E-state index contributed by atoms with van der Waals surface area (Å²) in [6.07, 6.45) is 1.79. The maximum absolute atomic E-state index is 12.4. The Balaban J connectivity index is 1.70. The van der Waals surface area contributed by atoms with Gasteiger partial charge >= 0.3 is 0 Å². The summed E-state index contributed by atoms with van der Waals surface area (Å²) in [4.78, 5) is 21.1. The first kappa shape index (κ1) is 17.6. The lowest BCUT2D eigenvalue weighted by Crippen LogP contribution is -2.12. The zero-order valence-corrected chi connectivity index (χ0v) is 15.4. The Morgan fingerprint density at radius 3 is 2.15 bits per heavy atom. The summed E-state index contributed by atoms with van der Waals surface area (Å²) in [5.74, 6) is 0.407. The van der Waals surface area contributed by atoms with Gasteiger partial charge in [-0.2, -0.15) is 0 Å². The first-order valence-corrected chi connectivity index (χ1v) is 8.48. The molecule has 0 aliphatic heterocycles. The van der Waals surface area contributed by atoms with Gasteiger partial charge in [0.2, 0.25) is 5.95 Å². The second-order valence-electron chi connectivity index (χ2n) is 6.49. The number of nitrogens with one attached hydrogen (secondary N) is 2. The van der Waals surface area contributed by atoms with Gasteiger partial charge in [0.1, 0.15) is 0 Å². The SMILES string of the molecule is Cc1cc(C)cc(NC(=O)c2ccc(Nc3ncc(C)c(C)n3)cc2)c1. The number of aryl methyl sites for hydroxylation is 4. The van der Waals surface area contributed by atoms with E-state index in [2.05, 4.69) is 26.7 Å². The molecule has 0 spiro atoms. The number of benzene rings is 2. The van der Waals surface area contributed by atoms with E-state index < -0.39 is 0 Å². The van der Waals surface area contributed by atoms with E-state index in [4.69, 9.17) is 0 Å². The fourth-order valence-corrected chi connectivity index (χ4v) is 2.67. The standard InChI is InChI=1S/C21H22N4O/c1-13-9-14(2)11-19(10-13)24-20(26)17-5-7-18(8-6-17)25-21-22-12-15(3)16(4)23-21/h5-12H,1-4H3,(H,24,26)(H,22,23,25). The third-order valence-electron chi connectivity index (χ3n) is 4.11. The highest BCUT2D eigenvalue weighted by Crippen LogP contribution is 2.18. The molecule has 2 aromatic carbocycles. The predicted molar refractivity (Wildman–Crippen MR) is 105 cm³/mol. The number of aromatic nitrogens is 2. The van der Waals surface area contributed by atoms with E-state index in [-0.39, 0.29) is 5.91 Å². The van der Waals surface area contributed by atoms with Crippen LogP contribution < -0.4 is 10.6 Å². The normalized spacial score (nSPS) is 10.5. The number of hydrogen-bond acceptors (Lipinski definition) is 4. The highest BCUT2D eigenvalue weighted by molar-refractivity contribution is 6.04. The van der Waals surface area contributed by atoms with E-state index in [9.17, 15) is 4.79 Å². The molecule has 132 valence electrons. The lowest BCUT2D eigenvalue weighted by Gasteiger charge is -2.09. The zero-order valence-electron chi connectivity index (χ0n) is 15.4. The molecule has 26 heavy (non-hydrogen) atoms. The summed E-state index contributed by atoms with van der Waals surface area (Å²) in [6.45, 7) is 7.95. The summed E-state index contributed by atoms with van der Waals surface area (Å²) < 4.78 is 0. The molecule has 5 heteroatoms. The molecule has 0 aliphatic rings. The molecule has 0 saturated carbocycles. The first-order chi connectivity index (χ1) is 12.4. The molecular formula is C21H22N4O. The minimum atomic E-state index is -0.135. The van der Waals surface area contributed by atoms with Crippen molar-refractivity contribution < 1.29 is 4.79 Å². The summed E-state index contributed by atoms with van der Waals surface area (Å²) >= 11 is 0. The first-order valence-electron chi connectivity index (χ1n) is 8.48. The summed E-state index contributed by atoms with van der Waals surface area (Å²) in [7, 11) is 0.